The molecule has 0 aromatic carbocycles. The summed E-state index contributed by atoms with van der Waals surface area (Å²) in [5, 5.41) is -0.329. The molecule has 4 nitrogen and oxygen atoms in total. The smallest absolute Gasteiger partial charge is 0.310 e. The molecule has 0 aliphatic rings. The van der Waals surface area contributed by atoms with Crippen LogP contribution in [0.5, 0.6) is 0 Å². The van der Waals surface area contributed by atoms with E-state index >= 15 is 0 Å². The van der Waals surface area contributed by atoms with Gasteiger partial charge in [-0.05, 0) is 12.1 Å². The maximum Gasteiger partial charge on any atom is 0.417 e. The van der Waals surface area contributed by atoms with Crippen LogP contribution in [0, 0.1) is 0 Å². The van der Waals surface area contributed by atoms with Gasteiger partial charge in [-0.3, -0.25) is 4.98 Å². The van der Waals surface area contributed by atoms with E-state index in [2.05, 4.69) is 15.0 Å². The van der Waals surface area contributed by atoms with Gasteiger partial charge in [-0.25, -0.2) is 9.97 Å². The van der Waals surface area contributed by atoms with Crippen LogP contribution in [-0.2, 0) is 19.4 Å². The predicted molar refractivity (Wildman–Crippen MR) is 76.8 cm³/mol. The Morgan fingerprint density at radius 2 is 1.48 bits per heavy atom. The number of nitrogens with zero attached hydrogens (tertiary/aromatic N) is 4. The lowest BCUT2D eigenvalue weighted by molar-refractivity contribution is -0.138. The van der Waals surface area contributed by atoms with Crippen LogP contribution in [0.3, 0.4) is 0 Å². The number of aryl methyl sites for hydroxylation is 1. The summed E-state index contributed by atoms with van der Waals surface area (Å²) in [5.41, 5.74) is -2.09. The summed E-state index contributed by atoms with van der Waals surface area (Å²) >= 11 is 5.86. The van der Waals surface area contributed by atoms with Crippen LogP contribution in [0.4, 0.5) is 26.3 Å². The van der Waals surface area contributed by atoms with Crippen molar-refractivity contribution in [2.75, 3.05) is 0 Å². The zero-order chi connectivity index (χ0) is 18.6. The van der Waals surface area contributed by atoms with E-state index in [0.717, 1.165) is 6.07 Å². The number of aromatic nitrogens is 4. The first kappa shape index (κ1) is 17.5. The number of pyridine rings is 2. The molecule has 0 unspecified atom stereocenters. The highest BCUT2D eigenvalue weighted by molar-refractivity contribution is 6.33. The van der Waals surface area contributed by atoms with Crippen LogP contribution >= 0.6 is 11.6 Å². The second-order valence-electron chi connectivity index (χ2n) is 5.11. The van der Waals surface area contributed by atoms with Crippen molar-refractivity contribution in [1.82, 2.24) is 19.5 Å². The lowest BCUT2D eigenvalue weighted by Crippen LogP contribution is -2.06. The van der Waals surface area contributed by atoms with Crippen LogP contribution < -0.4 is 0 Å². The summed E-state index contributed by atoms with van der Waals surface area (Å²) in [6, 6.07) is 1.47. The van der Waals surface area contributed by atoms with E-state index in [1.54, 1.807) is 0 Å². The summed E-state index contributed by atoms with van der Waals surface area (Å²) in [5.74, 6) is 0.000508. The molecule has 3 rings (SSSR count). The van der Waals surface area contributed by atoms with E-state index in [1.165, 1.54) is 11.6 Å². The van der Waals surface area contributed by atoms with E-state index in [1.807, 2.05) is 0 Å². The fourth-order valence-electron chi connectivity index (χ4n) is 2.20. The normalized spacial score (nSPS) is 12.8. The van der Waals surface area contributed by atoms with E-state index in [4.69, 9.17) is 11.6 Å². The molecule has 132 valence electrons. The molecule has 0 radical (unpaired) electrons. The van der Waals surface area contributed by atoms with E-state index in [9.17, 15) is 26.3 Å². The van der Waals surface area contributed by atoms with Crippen LogP contribution in [0.15, 0.2) is 24.5 Å². The molecule has 0 saturated carbocycles. The maximum atomic E-state index is 12.8. The topological polar surface area (TPSA) is 43.6 Å². The molecule has 3 aromatic rings. The van der Waals surface area contributed by atoms with Crippen molar-refractivity contribution < 1.29 is 26.3 Å². The Hall–Kier alpha value is -2.36. The van der Waals surface area contributed by atoms with Crippen LogP contribution in [-0.4, -0.2) is 19.5 Å². The van der Waals surface area contributed by atoms with Gasteiger partial charge in [0.25, 0.3) is 0 Å². The van der Waals surface area contributed by atoms with Gasteiger partial charge in [0.1, 0.15) is 11.2 Å². The molecule has 0 spiro atoms. The average Bonchev–Trinajstić information content (AvgIpc) is 2.82. The minimum absolute atomic E-state index is 0.000508. The lowest BCUT2D eigenvalue weighted by atomic mass is 10.2. The number of alkyl halides is 6. The van der Waals surface area contributed by atoms with Gasteiger partial charge in [-0.2, -0.15) is 26.3 Å². The molecule has 0 aliphatic carbocycles. The van der Waals surface area contributed by atoms with Gasteiger partial charge < -0.3 is 4.57 Å². The number of imidazole rings is 1. The van der Waals surface area contributed by atoms with Crippen molar-refractivity contribution in [3.05, 3.63) is 40.7 Å². The highest BCUT2D eigenvalue weighted by Gasteiger charge is 2.33. The molecule has 0 N–H and O–H groups in total. The fourth-order valence-corrected chi connectivity index (χ4v) is 2.45. The van der Waals surface area contributed by atoms with Crippen molar-refractivity contribution in [1.29, 1.82) is 0 Å². The first-order valence-corrected chi connectivity index (χ1v) is 6.99. The van der Waals surface area contributed by atoms with E-state index < -0.39 is 23.5 Å². The van der Waals surface area contributed by atoms with Gasteiger partial charge >= 0.3 is 12.4 Å². The van der Waals surface area contributed by atoms with Gasteiger partial charge in [-0.15, -0.1) is 0 Å². The number of halogens is 7. The van der Waals surface area contributed by atoms with Gasteiger partial charge in [-0.1, -0.05) is 11.6 Å². The molecule has 11 heteroatoms. The molecule has 3 aromatic heterocycles. The first-order valence-electron chi connectivity index (χ1n) is 6.61. The zero-order valence-corrected chi connectivity index (χ0v) is 13.0. The van der Waals surface area contributed by atoms with Gasteiger partial charge in [0.15, 0.2) is 11.5 Å². The Morgan fingerprint density at radius 1 is 0.920 bits per heavy atom. The highest BCUT2D eigenvalue weighted by atomic mass is 35.5. The van der Waals surface area contributed by atoms with Crippen LogP contribution in [0.2, 0.25) is 5.02 Å². The Bertz CT molecular complexity index is 960. The van der Waals surface area contributed by atoms with Crippen molar-refractivity contribution >= 4 is 22.8 Å². The van der Waals surface area contributed by atoms with E-state index in [0.29, 0.717) is 18.5 Å². The minimum Gasteiger partial charge on any atom is -0.310 e. The maximum absolute atomic E-state index is 12.8. The third-order valence-corrected chi connectivity index (χ3v) is 3.70. The SMILES string of the molecule is Cn1c(-c2ncc(C(F)(F)F)cc2Cl)nc2cc(C(F)(F)F)cnc21. The van der Waals surface area contributed by atoms with Crippen molar-refractivity contribution in [3.8, 4) is 11.5 Å². The molecule has 3 heterocycles. The highest BCUT2D eigenvalue weighted by Crippen LogP contribution is 2.35. The zero-order valence-electron chi connectivity index (χ0n) is 12.2. The molecule has 0 atom stereocenters. The van der Waals surface area contributed by atoms with Crippen LogP contribution in [0.25, 0.3) is 22.7 Å². The van der Waals surface area contributed by atoms with Gasteiger partial charge in [0, 0.05) is 19.4 Å². The molecule has 0 aliphatic heterocycles. The summed E-state index contributed by atoms with van der Waals surface area (Å²) < 4.78 is 77.6. The molecule has 0 saturated heterocycles. The number of rotatable bonds is 1. The molecular formula is C14H7ClF6N4. The second kappa shape index (κ2) is 5.58. The van der Waals surface area contributed by atoms with E-state index in [-0.39, 0.29) is 27.7 Å². The third kappa shape index (κ3) is 3.13. The molecule has 0 bridgehead atoms. The van der Waals surface area contributed by atoms with Crippen molar-refractivity contribution in [3.63, 3.8) is 0 Å². The molecule has 0 fully saturated rings. The van der Waals surface area contributed by atoms with Crippen molar-refractivity contribution in [2.45, 2.75) is 12.4 Å². The standard InChI is InChI=1S/C14H7ClF6N4/c1-25-11-9(3-7(5-23-11)14(19,20)21)24-12(25)10-8(15)2-6(4-22-10)13(16,17)18/h2-5H,1H3. The Labute approximate surface area is 141 Å². The quantitative estimate of drug-likeness (QED) is 0.574. The first-order chi connectivity index (χ1) is 11.5. The number of fused-ring (bicyclic) bond motifs is 1. The monoisotopic (exact) mass is 380 g/mol. The lowest BCUT2D eigenvalue weighted by Gasteiger charge is -2.09. The Balaban J connectivity index is 2.15. The van der Waals surface area contributed by atoms with Crippen molar-refractivity contribution in [2.24, 2.45) is 7.05 Å². The van der Waals surface area contributed by atoms with Gasteiger partial charge in [0.2, 0.25) is 0 Å². The molecule has 0 amide bonds. The van der Waals surface area contributed by atoms with Gasteiger partial charge in [0.05, 0.1) is 16.1 Å². The number of hydrogen-bond acceptors (Lipinski definition) is 3. The molecule has 25 heavy (non-hydrogen) atoms. The largest absolute Gasteiger partial charge is 0.417 e. The summed E-state index contributed by atoms with van der Waals surface area (Å²) in [6.45, 7) is 0. The third-order valence-electron chi connectivity index (χ3n) is 3.42. The summed E-state index contributed by atoms with van der Waals surface area (Å²) in [4.78, 5) is 11.3. The summed E-state index contributed by atoms with van der Waals surface area (Å²) in [7, 11) is 1.45. The average molecular weight is 381 g/mol. The fraction of sp³-hybridized carbons (Fsp3) is 0.214. The second-order valence-corrected chi connectivity index (χ2v) is 5.52. The number of hydrogen-bond donors (Lipinski definition) is 0. The van der Waals surface area contributed by atoms with Crippen LogP contribution in [0.1, 0.15) is 11.1 Å². The minimum atomic E-state index is -4.62. The Kier molecular flexibility index (Phi) is 3.90. The Morgan fingerprint density at radius 3 is 2.04 bits per heavy atom. The predicted octanol–water partition coefficient (Wildman–Crippen LogP) is 4.72. The summed E-state index contributed by atoms with van der Waals surface area (Å²) in [6.07, 6.45) is -7.99. The molecular weight excluding hydrogens is 374 g/mol.